The quantitative estimate of drug-likeness (QED) is 0.481. The maximum atomic E-state index is 12.4. The summed E-state index contributed by atoms with van der Waals surface area (Å²) in [5.74, 6) is -1.28. The van der Waals surface area contributed by atoms with Crippen LogP contribution in [-0.4, -0.2) is 49.5 Å². The number of rotatable bonds is 4. The van der Waals surface area contributed by atoms with Crippen LogP contribution < -0.4 is 14.7 Å². The Bertz CT molecular complexity index is 966. The lowest BCUT2D eigenvalue weighted by atomic mass is 10.1. The van der Waals surface area contributed by atoms with Crippen LogP contribution in [0.2, 0.25) is 0 Å². The van der Waals surface area contributed by atoms with Crippen LogP contribution in [0.5, 0.6) is 0 Å². The summed E-state index contributed by atoms with van der Waals surface area (Å²) < 4.78 is 0. The van der Waals surface area contributed by atoms with Gasteiger partial charge in [0, 0.05) is 17.8 Å². The maximum Gasteiger partial charge on any atom is 0.303 e. The number of nitro benzene ring substituents is 1. The fraction of sp³-hybridized carbons (Fsp3) is 0.300. The molecule has 8 heteroatoms. The van der Waals surface area contributed by atoms with E-state index in [0.29, 0.717) is 12.4 Å². The van der Waals surface area contributed by atoms with Crippen molar-refractivity contribution in [2.24, 2.45) is 0 Å². The van der Waals surface area contributed by atoms with Gasteiger partial charge in [-0.1, -0.05) is 12.1 Å². The molecule has 0 atom stereocenters. The van der Waals surface area contributed by atoms with Gasteiger partial charge < -0.3 is 9.80 Å². The molecule has 2 aromatic rings. The number of ketones is 1. The Morgan fingerprint density at radius 2 is 1.86 bits per heavy atom. The molecule has 1 N–H and O–H groups in total. The first-order valence-electron chi connectivity index (χ1n) is 9.24. The molecule has 0 unspecified atom stereocenters. The van der Waals surface area contributed by atoms with Crippen LogP contribution in [0.15, 0.2) is 42.5 Å². The number of aryl methyl sites for hydroxylation is 1. The molecule has 1 fully saturated rings. The molecule has 8 nitrogen and oxygen atoms in total. The van der Waals surface area contributed by atoms with E-state index in [1.54, 1.807) is 0 Å². The number of Topliss-reactive ketones (excluding diaryl/α,β-unsaturated/α-hetero) is 1. The molecule has 4 rings (SSSR count). The highest BCUT2D eigenvalue weighted by Crippen LogP contribution is 2.31. The van der Waals surface area contributed by atoms with Gasteiger partial charge in [-0.3, -0.25) is 24.6 Å². The van der Waals surface area contributed by atoms with Crippen LogP contribution in [0.25, 0.3) is 0 Å². The molecule has 144 valence electrons. The van der Waals surface area contributed by atoms with Gasteiger partial charge in [-0.2, -0.15) is 0 Å². The van der Waals surface area contributed by atoms with Gasteiger partial charge in [0.15, 0.2) is 6.67 Å². The Balaban J connectivity index is 1.45. The topological polar surface area (TPSA) is 88.2 Å². The maximum absolute atomic E-state index is 12.4. The normalized spacial score (nSPS) is 17.2. The van der Waals surface area contributed by atoms with Gasteiger partial charge in [-0.15, -0.1) is 0 Å². The number of benzene rings is 2. The highest BCUT2D eigenvalue weighted by atomic mass is 16.6. The van der Waals surface area contributed by atoms with E-state index in [1.165, 1.54) is 39.2 Å². The standard InChI is InChI=1S/C20H20N4O4/c1-14-3-2-4-15(11-14)22-9-7-21(8-10-22)13-23-18-6-5-16(24(27)28)12-17(18)19(25)20(23)26/h2-6,11-12H,7-10,13H2,1H3/p+1. The Morgan fingerprint density at radius 1 is 1.11 bits per heavy atom. The zero-order valence-electron chi connectivity index (χ0n) is 15.6. The van der Waals surface area contributed by atoms with Crippen LogP contribution in [-0.2, 0) is 4.79 Å². The number of nitrogens with zero attached hydrogens (tertiary/aromatic N) is 3. The second-order valence-electron chi connectivity index (χ2n) is 7.26. The molecule has 0 aliphatic carbocycles. The molecule has 0 aromatic heterocycles. The molecular formula is C20H21N4O4+. The number of anilines is 2. The molecule has 0 radical (unpaired) electrons. The van der Waals surface area contributed by atoms with Crippen molar-refractivity contribution in [3.05, 3.63) is 63.7 Å². The van der Waals surface area contributed by atoms with Gasteiger partial charge in [0.1, 0.15) is 0 Å². The first kappa shape index (κ1) is 18.1. The van der Waals surface area contributed by atoms with E-state index < -0.39 is 16.6 Å². The Labute approximate surface area is 162 Å². The summed E-state index contributed by atoms with van der Waals surface area (Å²) in [5, 5.41) is 10.9. The van der Waals surface area contributed by atoms with Crippen molar-refractivity contribution < 1.29 is 19.4 Å². The zero-order chi connectivity index (χ0) is 19.8. The predicted octanol–water partition coefficient (Wildman–Crippen LogP) is 0.795. The first-order valence-corrected chi connectivity index (χ1v) is 9.24. The largest absolute Gasteiger partial charge is 0.360 e. The van der Waals surface area contributed by atoms with Crippen molar-refractivity contribution in [2.45, 2.75) is 6.92 Å². The molecule has 2 heterocycles. The molecule has 0 saturated carbocycles. The van der Waals surface area contributed by atoms with Gasteiger partial charge in [-0.05, 0) is 30.7 Å². The van der Waals surface area contributed by atoms with Crippen molar-refractivity contribution >= 4 is 28.8 Å². The summed E-state index contributed by atoms with van der Waals surface area (Å²) in [7, 11) is 0. The number of amides is 1. The first-order chi connectivity index (χ1) is 13.4. The van der Waals surface area contributed by atoms with Crippen molar-refractivity contribution in [3.63, 3.8) is 0 Å². The van der Waals surface area contributed by atoms with Crippen LogP contribution in [0.3, 0.4) is 0 Å². The van der Waals surface area contributed by atoms with E-state index in [1.807, 2.05) is 0 Å². The third kappa shape index (κ3) is 3.22. The number of hydrogen-bond acceptors (Lipinski definition) is 5. The van der Waals surface area contributed by atoms with E-state index in [0.717, 1.165) is 26.2 Å². The summed E-state index contributed by atoms with van der Waals surface area (Å²) in [4.78, 5) is 40.1. The van der Waals surface area contributed by atoms with Crippen molar-refractivity contribution in [3.8, 4) is 0 Å². The van der Waals surface area contributed by atoms with Gasteiger partial charge in [0.05, 0.1) is 42.4 Å². The number of carbonyl (C=O) groups excluding carboxylic acids is 2. The number of nitrogens with one attached hydrogen (secondary N) is 1. The van der Waals surface area contributed by atoms with Crippen LogP contribution in [0, 0.1) is 17.0 Å². The number of carbonyl (C=O) groups is 2. The second kappa shape index (κ2) is 7.05. The van der Waals surface area contributed by atoms with Crippen molar-refractivity contribution in [1.29, 1.82) is 0 Å². The molecule has 2 aliphatic heterocycles. The number of quaternary nitrogens is 1. The minimum atomic E-state index is -0.670. The molecule has 1 amide bonds. The Kier molecular flexibility index (Phi) is 4.56. The van der Waals surface area contributed by atoms with Crippen LogP contribution >= 0.6 is 0 Å². The molecule has 28 heavy (non-hydrogen) atoms. The highest BCUT2D eigenvalue weighted by molar-refractivity contribution is 6.52. The average Bonchev–Trinajstić information content (AvgIpc) is 2.93. The summed E-state index contributed by atoms with van der Waals surface area (Å²) in [6, 6.07) is 12.4. The zero-order valence-corrected chi connectivity index (χ0v) is 15.6. The van der Waals surface area contributed by atoms with Crippen molar-refractivity contribution in [2.75, 3.05) is 42.6 Å². The minimum absolute atomic E-state index is 0.122. The minimum Gasteiger partial charge on any atom is -0.360 e. The molecule has 0 spiro atoms. The number of fused-ring (bicyclic) bond motifs is 1. The van der Waals surface area contributed by atoms with Gasteiger partial charge >= 0.3 is 5.91 Å². The predicted molar refractivity (Wildman–Crippen MR) is 104 cm³/mol. The molecule has 2 aliphatic rings. The van der Waals surface area contributed by atoms with Crippen LogP contribution in [0.4, 0.5) is 17.1 Å². The molecule has 0 bridgehead atoms. The van der Waals surface area contributed by atoms with Gasteiger partial charge in [0.2, 0.25) is 0 Å². The number of non-ortho nitro benzene ring substituents is 1. The fourth-order valence-corrected chi connectivity index (χ4v) is 3.85. The lowest BCUT2D eigenvalue weighted by Crippen LogP contribution is -3.16. The van der Waals surface area contributed by atoms with E-state index >= 15 is 0 Å². The summed E-state index contributed by atoms with van der Waals surface area (Å²) in [6.07, 6.45) is 0. The van der Waals surface area contributed by atoms with Crippen molar-refractivity contribution in [1.82, 2.24) is 0 Å². The number of piperazine rings is 1. The summed E-state index contributed by atoms with van der Waals surface area (Å²) >= 11 is 0. The smallest absolute Gasteiger partial charge is 0.303 e. The van der Waals surface area contributed by atoms with Crippen LogP contribution in [0.1, 0.15) is 15.9 Å². The Hall–Kier alpha value is -3.26. The lowest BCUT2D eigenvalue weighted by molar-refractivity contribution is -0.899. The van der Waals surface area contributed by atoms with Gasteiger partial charge in [0.25, 0.3) is 11.5 Å². The molecule has 1 saturated heterocycles. The van der Waals surface area contributed by atoms with Gasteiger partial charge in [-0.25, -0.2) is 0 Å². The molecule has 2 aromatic carbocycles. The highest BCUT2D eigenvalue weighted by Gasteiger charge is 2.39. The molecular weight excluding hydrogens is 360 g/mol. The van der Waals surface area contributed by atoms with E-state index in [9.17, 15) is 19.7 Å². The SMILES string of the molecule is Cc1cccc(N2CC[NH+](CN3C(=O)C(=O)c4cc([N+](=O)[O-])ccc43)CC2)c1. The third-order valence-electron chi connectivity index (χ3n) is 5.38. The summed E-state index contributed by atoms with van der Waals surface area (Å²) in [6.45, 7) is 5.87. The second-order valence-corrected chi connectivity index (χ2v) is 7.26. The third-order valence-corrected chi connectivity index (χ3v) is 5.38. The van der Waals surface area contributed by atoms with E-state index in [4.69, 9.17) is 0 Å². The monoisotopic (exact) mass is 381 g/mol. The summed E-state index contributed by atoms with van der Waals surface area (Å²) in [5.41, 5.74) is 2.83. The van der Waals surface area contributed by atoms with E-state index in [-0.39, 0.29) is 11.3 Å². The van der Waals surface area contributed by atoms with E-state index in [2.05, 4.69) is 36.1 Å². The number of hydrogen-bond donors (Lipinski definition) is 1. The Morgan fingerprint density at radius 3 is 2.54 bits per heavy atom. The average molecular weight is 381 g/mol. The lowest BCUT2D eigenvalue weighted by Gasteiger charge is -2.35. The number of nitro groups is 1. The fourth-order valence-electron chi connectivity index (χ4n) is 3.85.